The van der Waals surface area contributed by atoms with Crippen LogP contribution in [0.4, 0.5) is 13.2 Å². The molecule has 0 aliphatic carbocycles. The molecule has 21 heteroatoms. The first-order valence-electron chi connectivity index (χ1n) is 10.1. The smallest absolute Gasteiger partial charge is 0.442 e. The summed E-state index contributed by atoms with van der Waals surface area (Å²) in [6, 6.07) is 0. The lowest BCUT2D eigenvalue weighted by Gasteiger charge is -2.56. The summed E-state index contributed by atoms with van der Waals surface area (Å²) in [7, 11) is -3.17. The van der Waals surface area contributed by atoms with Gasteiger partial charge in [0.1, 0.15) is 11.1 Å². The zero-order chi connectivity index (χ0) is 27.6. The van der Waals surface area contributed by atoms with Crippen LogP contribution in [0.1, 0.15) is 6.92 Å². The maximum atomic E-state index is 13.1. The summed E-state index contributed by atoms with van der Waals surface area (Å²) in [4.78, 5) is 48.6. The Bertz CT molecular complexity index is 1130. The van der Waals surface area contributed by atoms with E-state index in [0.717, 1.165) is 35.5 Å². The number of amides is 2. The van der Waals surface area contributed by atoms with Gasteiger partial charge in [0.2, 0.25) is 11.1 Å². The van der Waals surface area contributed by atoms with Gasteiger partial charge in [0.05, 0.1) is 18.5 Å². The van der Waals surface area contributed by atoms with Gasteiger partial charge in [-0.05, 0) is 29.5 Å². The van der Waals surface area contributed by atoms with Crippen LogP contribution in [0.15, 0.2) is 16.4 Å². The molecule has 1 fully saturated rings. The Balaban J connectivity index is 1.93. The molecular formula is C16H20F3N6O8PS3. The van der Waals surface area contributed by atoms with E-state index in [1.165, 1.54) is 6.92 Å². The summed E-state index contributed by atoms with van der Waals surface area (Å²) < 4.78 is 60.1. The number of hydrogen-bond donors (Lipinski definition) is 4. The molecule has 0 aromatic carbocycles. The number of tetrazole rings is 1. The molecule has 4 atom stereocenters. The van der Waals surface area contributed by atoms with Crippen LogP contribution in [0, 0.1) is 0 Å². The highest BCUT2D eigenvalue weighted by Crippen LogP contribution is 2.52. The number of aromatic amines is 1. The van der Waals surface area contributed by atoms with Gasteiger partial charge in [0.25, 0.3) is 11.6 Å². The van der Waals surface area contributed by atoms with Crippen LogP contribution < -0.4 is 5.32 Å². The minimum Gasteiger partial charge on any atom is -0.477 e. The Morgan fingerprint density at radius 1 is 1.46 bits per heavy atom. The van der Waals surface area contributed by atoms with Crippen LogP contribution in [0.2, 0.25) is 0 Å². The van der Waals surface area contributed by atoms with Crippen molar-refractivity contribution in [1.29, 1.82) is 0 Å². The number of carbonyl (C=O) groups is 3. The van der Waals surface area contributed by atoms with Crippen molar-refractivity contribution in [3.05, 3.63) is 11.3 Å². The molecule has 2 amide bonds. The summed E-state index contributed by atoms with van der Waals surface area (Å²) in [5, 5.41) is 23.1. The monoisotopic (exact) mass is 608 g/mol. The van der Waals surface area contributed by atoms with E-state index in [0.29, 0.717) is 0 Å². The number of methoxy groups -OCH3 is 1. The number of aliphatic carboxylic acids is 1. The molecular weight excluding hydrogens is 588 g/mol. The van der Waals surface area contributed by atoms with Crippen LogP contribution in [0.3, 0.4) is 0 Å². The minimum atomic E-state index is -4.68. The second-order valence-corrected chi connectivity index (χ2v) is 12.5. The Morgan fingerprint density at radius 2 is 2.16 bits per heavy atom. The number of H-pyrrole nitrogens is 1. The number of carboxylic acid groups (broad SMARTS) is 1. The zero-order valence-electron chi connectivity index (χ0n) is 18.9. The first-order chi connectivity index (χ1) is 17.2. The third-order valence-corrected chi connectivity index (χ3v) is 9.89. The van der Waals surface area contributed by atoms with Crippen LogP contribution >= 0.6 is 42.9 Å². The number of alkyl halides is 3. The van der Waals surface area contributed by atoms with Gasteiger partial charge in [0, 0.05) is 18.1 Å². The number of halogens is 3. The molecule has 14 nitrogen and oxygen atoms in total. The average Bonchev–Trinajstić information content (AvgIpc) is 3.32. The van der Waals surface area contributed by atoms with Crippen molar-refractivity contribution in [2.45, 2.75) is 33.9 Å². The molecule has 1 aromatic heterocycles. The molecule has 37 heavy (non-hydrogen) atoms. The number of aromatic nitrogens is 4. The molecule has 1 aromatic rings. The van der Waals surface area contributed by atoms with Crippen molar-refractivity contribution in [3.63, 3.8) is 0 Å². The minimum absolute atomic E-state index is 0.0291. The van der Waals surface area contributed by atoms with E-state index in [1.54, 1.807) is 0 Å². The van der Waals surface area contributed by atoms with E-state index in [-0.39, 0.29) is 23.1 Å². The van der Waals surface area contributed by atoms with Crippen molar-refractivity contribution in [2.24, 2.45) is 0 Å². The van der Waals surface area contributed by atoms with Gasteiger partial charge in [0.15, 0.2) is 0 Å². The van der Waals surface area contributed by atoms with Gasteiger partial charge in [-0.25, -0.2) is 4.79 Å². The molecule has 3 rings (SSSR count). The first-order valence-corrected chi connectivity index (χ1v) is 14.8. The number of ether oxygens (including phenoxy) is 1. The van der Waals surface area contributed by atoms with E-state index in [1.807, 2.05) is 0 Å². The molecule has 1 saturated heterocycles. The lowest BCUT2D eigenvalue weighted by molar-refractivity contribution is -0.192. The first kappa shape index (κ1) is 29.7. The third-order valence-electron chi connectivity index (χ3n) is 4.97. The molecule has 3 heterocycles. The topological polar surface area (TPSA) is 197 Å². The second kappa shape index (κ2) is 11.5. The normalized spacial score (nSPS) is 24.2. The summed E-state index contributed by atoms with van der Waals surface area (Å²) in [6.45, 7) is 1.40. The van der Waals surface area contributed by atoms with Crippen molar-refractivity contribution in [1.82, 2.24) is 30.8 Å². The standard InChI is InChI=1S/C16H20F3N6O8PS3/c1-3-33-34(30,31)4-8(37-14-21-23-24-22-14)7-5-35-13-15(32-2,12(29)25(13)10(7)11(27)28)20-9(26)6-36-16(17,18)19/h8,13H,3-6H2,1-2H3,(H,20,26)(H,27,28)(H,30,31)(H,21,22,23,24)/t8?,13-,15-/m0/s1. The maximum absolute atomic E-state index is 13.1. The summed E-state index contributed by atoms with van der Waals surface area (Å²) in [5.74, 6) is -4.89. The van der Waals surface area contributed by atoms with Crippen LogP contribution in [-0.2, 0) is 28.2 Å². The number of β-lactam (4-membered cyclic amide) rings is 1. The molecule has 2 unspecified atom stereocenters. The van der Waals surface area contributed by atoms with Crippen LogP contribution in [0.5, 0.6) is 0 Å². The number of nitrogens with one attached hydrogen (secondary N) is 2. The third kappa shape index (κ3) is 6.61. The number of hydrogen-bond acceptors (Lipinski definition) is 12. The number of carboxylic acids is 1. The predicted molar refractivity (Wildman–Crippen MR) is 124 cm³/mol. The molecule has 0 saturated carbocycles. The van der Waals surface area contributed by atoms with Gasteiger partial charge in [-0.1, -0.05) is 11.8 Å². The summed E-state index contributed by atoms with van der Waals surface area (Å²) >= 11 is 1.16. The summed E-state index contributed by atoms with van der Waals surface area (Å²) in [5.41, 5.74) is -7.25. The van der Waals surface area contributed by atoms with E-state index in [4.69, 9.17) is 9.26 Å². The van der Waals surface area contributed by atoms with Crippen LogP contribution in [0.25, 0.3) is 0 Å². The maximum Gasteiger partial charge on any atom is 0.442 e. The molecule has 2 aliphatic rings. The zero-order valence-corrected chi connectivity index (χ0v) is 22.3. The number of fused-ring (bicyclic) bond motifs is 1. The van der Waals surface area contributed by atoms with E-state index in [2.05, 4.69) is 25.9 Å². The predicted octanol–water partition coefficient (Wildman–Crippen LogP) is 0.848. The van der Waals surface area contributed by atoms with Crippen molar-refractivity contribution < 1.29 is 51.4 Å². The quantitative estimate of drug-likeness (QED) is 0.113. The van der Waals surface area contributed by atoms with Gasteiger partial charge < -0.3 is 24.6 Å². The average molecular weight is 609 g/mol. The van der Waals surface area contributed by atoms with Crippen molar-refractivity contribution in [3.8, 4) is 0 Å². The number of nitrogens with zero attached hydrogens (tertiary/aromatic N) is 4. The van der Waals surface area contributed by atoms with E-state index < -0.39 is 76.6 Å². The van der Waals surface area contributed by atoms with Gasteiger partial charge in [-0.3, -0.25) is 19.1 Å². The lowest BCUT2D eigenvalue weighted by atomic mass is 9.97. The van der Waals surface area contributed by atoms with Crippen molar-refractivity contribution in [2.75, 3.05) is 31.4 Å². The molecule has 0 spiro atoms. The molecule has 4 N–H and O–H groups in total. The molecule has 2 aliphatic heterocycles. The Kier molecular flexibility index (Phi) is 9.24. The van der Waals surface area contributed by atoms with Gasteiger partial charge in [-0.15, -0.1) is 22.0 Å². The fourth-order valence-electron chi connectivity index (χ4n) is 3.55. The van der Waals surface area contributed by atoms with Gasteiger partial charge >= 0.3 is 19.1 Å². The van der Waals surface area contributed by atoms with Gasteiger partial charge in [-0.2, -0.15) is 18.4 Å². The molecule has 0 radical (unpaired) electrons. The van der Waals surface area contributed by atoms with Crippen molar-refractivity contribution >= 4 is 60.7 Å². The fourth-order valence-corrected chi connectivity index (χ4v) is 8.33. The molecule has 0 bridgehead atoms. The van der Waals surface area contributed by atoms with Crippen LogP contribution in [-0.4, -0.2) is 107 Å². The highest BCUT2D eigenvalue weighted by Gasteiger charge is 2.67. The fraction of sp³-hybridized carbons (Fsp3) is 0.625. The van der Waals surface area contributed by atoms with E-state index >= 15 is 0 Å². The summed E-state index contributed by atoms with van der Waals surface area (Å²) in [6.07, 6.45) is -0.555. The Morgan fingerprint density at radius 3 is 2.70 bits per heavy atom. The highest BCUT2D eigenvalue weighted by molar-refractivity contribution is 8.01. The second-order valence-electron chi connectivity index (χ2n) is 7.28. The Hall–Kier alpha value is -1.83. The van der Waals surface area contributed by atoms with E-state index in [9.17, 15) is 42.1 Å². The largest absolute Gasteiger partial charge is 0.477 e. The highest BCUT2D eigenvalue weighted by atomic mass is 32.2. The Labute approximate surface area is 219 Å². The SMILES string of the molecule is CCOP(=O)(O)CC(Sc1nn[nH]n1)C1=C(C(=O)O)N2C(=O)[C@](NC(=O)CSC(F)(F)F)(OC)[C@@H]2SC1. The number of carbonyl (C=O) groups excluding carboxylic acids is 2. The molecule has 206 valence electrons. The number of rotatable bonds is 12. The lowest BCUT2D eigenvalue weighted by Crippen LogP contribution is -2.81. The number of thioether (sulfide) groups is 3.